The lowest BCUT2D eigenvalue weighted by atomic mass is 10.1. The summed E-state index contributed by atoms with van der Waals surface area (Å²) in [5, 5.41) is 9.50. The van der Waals surface area contributed by atoms with Gasteiger partial charge >= 0.3 is 0 Å². The van der Waals surface area contributed by atoms with Gasteiger partial charge in [-0.3, -0.25) is 4.72 Å². The zero-order chi connectivity index (χ0) is 26.4. The van der Waals surface area contributed by atoms with Crippen molar-refractivity contribution in [2.45, 2.75) is 25.2 Å². The van der Waals surface area contributed by atoms with Gasteiger partial charge in [0.2, 0.25) is 5.76 Å². The molecule has 0 amide bonds. The second-order valence-electron chi connectivity index (χ2n) is 7.17. The lowest BCUT2D eigenvalue weighted by Crippen LogP contribution is -2.20. The van der Waals surface area contributed by atoms with Gasteiger partial charge in [0.1, 0.15) is 23.9 Å². The third kappa shape index (κ3) is 6.02. The predicted molar refractivity (Wildman–Crippen MR) is 133 cm³/mol. The first-order chi connectivity index (χ1) is 17.2. The molecule has 2 N–H and O–H groups in total. The fourth-order valence-corrected chi connectivity index (χ4v) is 4.41. The van der Waals surface area contributed by atoms with E-state index in [1.807, 2.05) is 0 Å². The minimum Gasteiger partial charge on any atom is -0.497 e. The first kappa shape index (κ1) is 27.1. The van der Waals surface area contributed by atoms with Crippen molar-refractivity contribution in [1.82, 2.24) is 24.7 Å². The van der Waals surface area contributed by atoms with Crippen LogP contribution < -0.4 is 4.72 Å². The molecule has 10 nitrogen and oxygen atoms in total. The molecule has 36 heavy (non-hydrogen) atoms. The number of aromatic amines is 1. The molecule has 1 unspecified atom stereocenters. The Hall–Kier alpha value is -3.45. The Kier molecular flexibility index (Phi) is 9.04. The first-order valence-electron chi connectivity index (χ1n) is 10.5. The highest BCUT2D eigenvalue weighted by Gasteiger charge is 2.21. The van der Waals surface area contributed by atoms with Crippen molar-refractivity contribution in [1.29, 1.82) is 0 Å². The smallest absolute Gasteiger partial charge is 0.272 e. The van der Waals surface area contributed by atoms with Crippen LogP contribution in [0.3, 0.4) is 0 Å². The zero-order valence-corrected chi connectivity index (χ0v) is 21.7. The highest BCUT2D eigenvalue weighted by Crippen LogP contribution is 2.35. The highest BCUT2D eigenvalue weighted by molar-refractivity contribution is 7.83. The molecule has 2 aromatic heterocycles. The van der Waals surface area contributed by atoms with E-state index < -0.39 is 24.0 Å². The van der Waals surface area contributed by atoms with Gasteiger partial charge in [-0.25, -0.2) is 13.0 Å². The minimum atomic E-state index is -2.71. The second-order valence-corrected chi connectivity index (χ2v) is 8.76. The van der Waals surface area contributed by atoms with Crippen molar-refractivity contribution in [2.24, 2.45) is 12.0 Å². The van der Waals surface area contributed by atoms with Crippen molar-refractivity contribution in [3.05, 3.63) is 53.0 Å². The number of methoxy groups -OCH3 is 2. The summed E-state index contributed by atoms with van der Waals surface area (Å²) < 4.78 is 57.0. The summed E-state index contributed by atoms with van der Waals surface area (Å²) in [7, 11) is 2.57. The van der Waals surface area contributed by atoms with Gasteiger partial charge in [-0.15, -0.1) is 0 Å². The third-order valence-corrected chi connectivity index (χ3v) is 6.33. The van der Waals surface area contributed by atoms with Gasteiger partial charge < -0.3 is 19.2 Å². The van der Waals surface area contributed by atoms with E-state index in [9.17, 15) is 13.0 Å². The van der Waals surface area contributed by atoms with Crippen molar-refractivity contribution >= 4 is 39.4 Å². The van der Waals surface area contributed by atoms with Crippen LogP contribution in [0.5, 0.6) is 0 Å². The molecule has 0 spiro atoms. The molecular weight excluding hydrogens is 518 g/mol. The van der Waals surface area contributed by atoms with Crippen LogP contribution in [0.4, 0.5) is 8.78 Å². The molecule has 2 heterocycles. The number of hydrogen-bond acceptors (Lipinski definition) is 7. The molecule has 1 aromatic carbocycles. The Labute approximate surface area is 213 Å². The predicted octanol–water partition coefficient (Wildman–Crippen LogP) is 4.29. The van der Waals surface area contributed by atoms with Gasteiger partial charge in [0.25, 0.3) is 12.3 Å². The van der Waals surface area contributed by atoms with Gasteiger partial charge in [-0.2, -0.15) is 20.0 Å². The van der Waals surface area contributed by atoms with Crippen LogP contribution in [0.25, 0.3) is 22.2 Å². The Morgan fingerprint density at radius 2 is 2.11 bits per heavy atom. The number of benzene rings is 1. The van der Waals surface area contributed by atoms with E-state index in [-0.39, 0.29) is 23.2 Å². The average Bonchev–Trinajstić information content (AvgIpc) is 3.48. The molecule has 194 valence electrons. The Balaban J connectivity index is 1.93. The molecular formula is C22H25ClF2N6O4S. The zero-order valence-electron chi connectivity index (χ0n) is 20.1. The van der Waals surface area contributed by atoms with Crippen LogP contribution in [0.2, 0.25) is 5.02 Å². The van der Waals surface area contributed by atoms with E-state index in [0.29, 0.717) is 32.1 Å². The fourth-order valence-electron chi connectivity index (χ4n) is 3.16. The molecule has 0 radical (unpaired) electrons. The maximum absolute atomic E-state index is 13.3. The molecule has 1 atom stereocenters. The van der Waals surface area contributed by atoms with Crippen LogP contribution in [0, 0.1) is 0 Å². The summed E-state index contributed by atoms with van der Waals surface area (Å²) in [5.41, 5.74) is 1.82. The molecule has 0 bridgehead atoms. The number of ether oxygens (including phenoxy) is 3. The Bertz CT molecular complexity index is 1350. The van der Waals surface area contributed by atoms with Gasteiger partial charge in [-0.1, -0.05) is 17.7 Å². The number of aromatic nitrogens is 4. The number of H-pyrrole nitrogens is 1. The van der Waals surface area contributed by atoms with Crippen molar-refractivity contribution in [2.75, 3.05) is 20.8 Å². The number of nitrogens with zero attached hydrogens (tertiary/aromatic N) is 4. The molecule has 3 rings (SSSR count). The molecule has 0 aliphatic carbocycles. The van der Waals surface area contributed by atoms with Crippen molar-refractivity contribution < 1.29 is 27.2 Å². The summed E-state index contributed by atoms with van der Waals surface area (Å²) in [5.74, 6) is 0.0772. The van der Waals surface area contributed by atoms with Gasteiger partial charge in [0.15, 0.2) is 11.0 Å². The summed E-state index contributed by atoms with van der Waals surface area (Å²) in [4.78, 5) is 9.21. The molecule has 0 saturated carbocycles. The molecule has 0 saturated heterocycles. The van der Waals surface area contributed by atoms with Crippen LogP contribution >= 0.6 is 11.6 Å². The SMILES string of the molecule is C/C=C(/N=C(OC)\C(OCC(F)F)=C(/C)OC)NS(=O)c1c[nH]c2c(-c3cnn(C)n3)c(Cl)ccc12. The quantitative estimate of drug-likeness (QED) is 0.224. The van der Waals surface area contributed by atoms with Crippen LogP contribution in [0.1, 0.15) is 13.8 Å². The number of hydrogen-bond donors (Lipinski definition) is 2. The number of allylic oxidation sites excluding steroid dienone is 2. The normalized spacial score (nSPS) is 14.1. The lowest BCUT2D eigenvalue weighted by molar-refractivity contribution is 0.0473. The third-order valence-electron chi connectivity index (χ3n) is 4.88. The highest BCUT2D eigenvalue weighted by atomic mass is 35.5. The van der Waals surface area contributed by atoms with E-state index in [4.69, 9.17) is 25.8 Å². The van der Waals surface area contributed by atoms with E-state index >= 15 is 0 Å². The molecule has 14 heteroatoms. The second kappa shape index (κ2) is 12.0. The molecule has 0 aliphatic heterocycles. The van der Waals surface area contributed by atoms with E-state index in [1.165, 1.54) is 25.9 Å². The molecule has 0 aliphatic rings. The van der Waals surface area contributed by atoms with Gasteiger partial charge in [0, 0.05) is 24.2 Å². The van der Waals surface area contributed by atoms with Crippen LogP contribution in [0.15, 0.2) is 57.8 Å². The summed E-state index contributed by atoms with van der Waals surface area (Å²) >= 11 is 6.43. The number of fused-ring (bicyclic) bond motifs is 1. The van der Waals surface area contributed by atoms with Crippen molar-refractivity contribution in [3.63, 3.8) is 0 Å². The summed E-state index contributed by atoms with van der Waals surface area (Å²) in [6.07, 6.45) is 2.00. The number of halogens is 3. The Morgan fingerprint density at radius 3 is 2.69 bits per heavy atom. The van der Waals surface area contributed by atoms with Crippen molar-refractivity contribution in [3.8, 4) is 11.3 Å². The molecule has 3 aromatic rings. The topological polar surface area (TPSA) is 116 Å². The van der Waals surface area contributed by atoms with E-state index in [0.717, 1.165) is 0 Å². The largest absolute Gasteiger partial charge is 0.497 e. The summed E-state index contributed by atoms with van der Waals surface area (Å²) in [6.45, 7) is 2.29. The minimum absolute atomic E-state index is 0.109. The number of alkyl halides is 2. The first-order valence-corrected chi connectivity index (χ1v) is 12.0. The van der Waals surface area contributed by atoms with Gasteiger partial charge in [0.05, 0.1) is 35.9 Å². The number of aryl methyl sites for hydroxylation is 1. The van der Waals surface area contributed by atoms with Crippen LogP contribution in [-0.4, -0.2) is 57.3 Å². The summed E-state index contributed by atoms with van der Waals surface area (Å²) in [6, 6.07) is 3.42. The number of nitrogens with one attached hydrogen (secondary N) is 2. The monoisotopic (exact) mass is 542 g/mol. The average molecular weight is 543 g/mol. The fraction of sp³-hybridized carbons (Fsp3) is 0.318. The standard InChI is InChI=1S/C22H25ClF2N6O4S/c1-6-18(28-22(34-5)21(12(2)33-4)35-11-17(24)25)30-36(32)16-10-26-20-13(16)7-8-14(23)19(20)15-9-27-31(3)29-15/h6-10,17,26,30H,11H2,1-5H3/b18-6-,21-12-,28-22+. The van der Waals surface area contributed by atoms with Crippen LogP contribution in [-0.2, 0) is 32.2 Å². The lowest BCUT2D eigenvalue weighted by Gasteiger charge is -2.15. The molecule has 0 fully saturated rings. The van der Waals surface area contributed by atoms with E-state index in [1.54, 1.807) is 44.6 Å². The maximum atomic E-state index is 13.3. The van der Waals surface area contributed by atoms with Gasteiger partial charge in [-0.05, 0) is 26.0 Å². The van der Waals surface area contributed by atoms with E-state index in [2.05, 4.69) is 24.9 Å². The number of rotatable bonds is 10. The Morgan fingerprint density at radius 1 is 1.36 bits per heavy atom. The number of aliphatic imine (C=N–C) groups is 1. The maximum Gasteiger partial charge on any atom is 0.272 e.